The number of sulfonamides is 1. The molecule has 0 saturated heterocycles. The third-order valence-corrected chi connectivity index (χ3v) is 4.29. The summed E-state index contributed by atoms with van der Waals surface area (Å²) in [7, 11) is -4.14. The highest BCUT2D eigenvalue weighted by Crippen LogP contribution is 2.25. The van der Waals surface area contributed by atoms with Crippen molar-refractivity contribution < 1.29 is 13.2 Å². The van der Waals surface area contributed by atoms with Crippen molar-refractivity contribution in [2.24, 2.45) is 5.73 Å². The van der Waals surface area contributed by atoms with Crippen LogP contribution >= 0.6 is 11.6 Å². The molecule has 1 aromatic carbocycles. The van der Waals surface area contributed by atoms with Gasteiger partial charge in [0, 0.05) is 24.0 Å². The first-order chi connectivity index (χ1) is 9.81. The normalized spacial score (nSPS) is 11.1. The zero-order valence-electron chi connectivity index (χ0n) is 10.5. The van der Waals surface area contributed by atoms with E-state index in [4.69, 9.17) is 17.3 Å². The van der Waals surface area contributed by atoms with E-state index in [1.165, 1.54) is 24.4 Å². The molecule has 0 spiro atoms. The first-order valence-corrected chi connectivity index (χ1v) is 7.46. The summed E-state index contributed by atoms with van der Waals surface area (Å²) in [4.78, 5) is 24.7. The number of primary amides is 1. The van der Waals surface area contributed by atoms with Crippen LogP contribution in [-0.2, 0) is 10.0 Å². The molecule has 9 heteroatoms. The molecule has 2 rings (SSSR count). The van der Waals surface area contributed by atoms with E-state index in [0.29, 0.717) is 0 Å². The highest BCUT2D eigenvalue weighted by Gasteiger charge is 2.19. The summed E-state index contributed by atoms with van der Waals surface area (Å²) in [6, 6.07) is 4.96. The molecule has 0 aliphatic carbocycles. The number of halogens is 1. The summed E-state index contributed by atoms with van der Waals surface area (Å²) in [6.07, 6.45) is 2.36. The molecule has 0 atom stereocenters. The highest BCUT2D eigenvalue weighted by atomic mass is 35.5. The summed E-state index contributed by atoms with van der Waals surface area (Å²) in [6.45, 7) is 0. The summed E-state index contributed by atoms with van der Waals surface area (Å²) in [5.41, 5.74) is 4.48. The van der Waals surface area contributed by atoms with Gasteiger partial charge in [-0.25, -0.2) is 8.42 Å². The van der Waals surface area contributed by atoms with E-state index in [2.05, 4.69) is 9.71 Å². The second-order valence-electron chi connectivity index (χ2n) is 4.04. The molecule has 21 heavy (non-hydrogen) atoms. The predicted octanol–water partition coefficient (Wildman–Crippen LogP) is 0.928. The molecule has 110 valence electrons. The number of hydrogen-bond acceptors (Lipinski definition) is 4. The molecular formula is C12H10ClN3O4S. The van der Waals surface area contributed by atoms with Crippen molar-refractivity contribution in [2.45, 2.75) is 4.90 Å². The number of rotatable bonds is 4. The lowest BCUT2D eigenvalue weighted by atomic mass is 10.2. The average molecular weight is 328 g/mol. The van der Waals surface area contributed by atoms with Crippen molar-refractivity contribution in [3.05, 3.63) is 57.5 Å². The van der Waals surface area contributed by atoms with Gasteiger partial charge < -0.3 is 10.7 Å². The van der Waals surface area contributed by atoms with E-state index in [0.717, 1.165) is 12.3 Å². The van der Waals surface area contributed by atoms with E-state index in [-0.39, 0.29) is 16.3 Å². The van der Waals surface area contributed by atoms with Crippen LogP contribution in [0.15, 0.2) is 46.3 Å². The van der Waals surface area contributed by atoms with Gasteiger partial charge in [0.05, 0.1) is 10.7 Å². The first-order valence-electron chi connectivity index (χ1n) is 5.60. The Hall–Kier alpha value is -2.32. The number of aromatic amines is 1. The Balaban J connectivity index is 2.47. The van der Waals surface area contributed by atoms with Gasteiger partial charge in [0.25, 0.3) is 10.0 Å². The maximum absolute atomic E-state index is 12.1. The lowest BCUT2D eigenvalue weighted by Crippen LogP contribution is -2.21. The maximum atomic E-state index is 12.1. The topological polar surface area (TPSA) is 122 Å². The Morgan fingerprint density at radius 2 is 2.00 bits per heavy atom. The molecule has 0 aliphatic rings. The summed E-state index contributed by atoms with van der Waals surface area (Å²) >= 11 is 5.87. The Morgan fingerprint density at radius 3 is 2.62 bits per heavy atom. The minimum absolute atomic E-state index is 0.0452. The number of anilines is 1. The summed E-state index contributed by atoms with van der Waals surface area (Å²) < 4.78 is 26.5. The van der Waals surface area contributed by atoms with E-state index in [9.17, 15) is 18.0 Å². The minimum atomic E-state index is -4.14. The number of carbonyl (C=O) groups is 1. The molecule has 1 aromatic heterocycles. The molecule has 0 radical (unpaired) electrons. The highest BCUT2D eigenvalue weighted by molar-refractivity contribution is 7.92. The number of amides is 1. The van der Waals surface area contributed by atoms with Crippen LogP contribution in [0.5, 0.6) is 0 Å². The van der Waals surface area contributed by atoms with Gasteiger partial charge in [0.2, 0.25) is 11.3 Å². The van der Waals surface area contributed by atoms with Crippen molar-refractivity contribution in [3.63, 3.8) is 0 Å². The lowest BCUT2D eigenvalue weighted by molar-refractivity contribution is 0.100. The number of aromatic nitrogens is 1. The van der Waals surface area contributed by atoms with Gasteiger partial charge in [-0.1, -0.05) is 11.6 Å². The molecule has 0 saturated carbocycles. The lowest BCUT2D eigenvalue weighted by Gasteiger charge is -2.10. The number of carbonyl (C=O) groups excluding carboxylic acids is 1. The van der Waals surface area contributed by atoms with Crippen LogP contribution < -0.4 is 15.9 Å². The van der Waals surface area contributed by atoms with Crippen molar-refractivity contribution in [1.29, 1.82) is 0 Å². The largest absolute Gasteiger partial charge is 0.366 e. The fraction of sp³-hybridized carbons (Fsp3) is 0. The Bertz CT molecular complexity index is 861. The smallest absolute Gasteiger partial charge is 0.267 e. The number of nitrogens with two attached hydrogens (primary N) is 1. The third kappa shape index (κ3) is 3.23. The molecule has 0 bridgehead atoms. The van der Waals surface area contributed by atoms with Gasteiger partial charge in [-0.05, 0) is 18.2 Å². The van der Waals surface area contributed by atoms with Crippen molar-refractivity contribution in [2.75, 3.05) is 4.72 Å². The van der Waals surface area contributed by atoms with Crippen LogP contribution in [-0.4, -0.2) is 19.3 Å². The fourth-order valence-electron chi connectivity index (χ4n) is 1.57. The summed E-state index contributed by atoms with van der Waals surface area (Å²) in [5.74, 6) is -0.732. The Labute approximate surface area is 124 Å². The van der Waals surface area contributed by atoms with Gasteiger partial charge in [-0.15, -0.1) is 0 Å². The van der Waals surface area contributed by atoms with Crippen LogP contribution in [0, 0.1) is 0 Å². The number of pyridine rings is 1. The van der Waals surface area contributed by atoms with E-state index < -0.39 is 26.3 Å². The van der Waals surface area contributed by atoms with Crippen molar-refractivity contribution in [3.8, 4) is 0 Å². The standard InChI is InChI=1S/C12H10ClN3O4S/c13-8-2-1-7(12(14)18)5-9(8)16-21(19,20)11-6-15-4-3-10(11)17/h1-6,16H,(H2,14,18)(H,15,17). The SMILES string of the molecule is NC(=O)c1ccc(Cl)c(NS(=O)(=O)c2c[nH]ccc2=O)c1. The Kier molecular flexibility index (Phi) is 4.01. The third-order valence-electron chi connectivity index (χ3n) is 2.57. The number of H-pyrrole nitrogens is 1. The molecule has 0 unspecified atom stereocenters. The fourth-order valence-corrected chi connectivity index (χ4v) is 2.91. The average Bonchev–Trinajstić information content (AvgIpc) is 2.41. The van der Waals surface area contributed by atoms with Crippen LogP contribution in [0.2, 0.25) is 5.02 Å². The number of benzene rings is 1. The molecular weight excluding hydrogens is 318 g/mol. The molecule has 1 heterocycles. The van der Waals surface area contributed by atoms with Gasteiger partial charge in [-0.3, -0.25) is 14.3 Å². The zero-order valence-corrected chi connectivity index (χ0v) is 12.0. The first kappa shape index (κ1) is 15.1. The van der Waals surface area contributed by atoms with Gasteiger partial charge >= 0.3 is 0 Å². The summed E-state index contributed by atoms with van der Waals surface area (Å²) in [5, 5.41) is 0.0657. The van der Waals surface area contributed by atoms with Gasteiger partial charge in [0.1, 0.15) is 0 Å². The molecule has 7 nitrogen and oxygen atoms in total. The zero-order chi connectivity index (χ0) is 15.6. The Morgan fingerprint density at radius 1 is 1.29 bits per heavy atom. The predicted molar refractivity (Wildman–Crippen MR) is 77.8 cm³/mol. The maximum Gasteiger partial charge on any atom is 0.267 e. The van der Waals surface area contributed by atoms with Gasteiger partial charge in [-0.2, -0.15) is 0 Å². The van der Waals surface area contributed by atoms with Crippen molar-refractivity contribution >= 4 is 33.2 Å². The molecule has 4 N–H and O–H groups in total. The molecule has 1 amide bonds. The van der Waals surface area contributed by atoms with Crippen LogP contribution in [0.4, 0.5) is 5.69 Å². The van der Waals surface area contributed by atoms with Crippen molar-refractivity contribution in [1.82, 2.24) is 4.98 Å². The van der Waals surface area contributed by atoms with Crippen LogP contribution in [0.1, 0.15) is 10.4 Å². The van der Waals surface area contributed by atoms with E-state index >= 15 is 0 Å². The van der Waals surface area contributed by atoms with Crippen LogP contribution in [0.25, 0.3) is 0 Å². The van der Waals surface area contributed by atoms with E-state index in [1.807, 2.05) is 0 Å². The number of nitrogens with one attached hydrogen (secondary N) is 2. The second kappa shape index (κ2) is 5.58. The number of hydrogen-bond donors (Lipinski definition) is 3. The molecule has 0 aliphatic heterocycles. The molecule has 2 aromatic rings. The van der Waals surface area contributed by atoms with Crippen LogP contribution in [0.3, 0.4) is 0 Å². The minimum Gasteiger partial charge on any atom is -0.366 e. The molecule has 0 fully saturated rings. The van der Waals surface area contributed by atoms with E-state index in [1.54, 1.807) is 0 Å². The second-order valence-corrected chi connectivity index (χ2v) is 6.10. The quantitative estimate of drug-likeness (QED) is 0.773. The van der Waals surface area contributed by atoms with Gasteiger partial charge in [0.15, 0.2) is 4.90 Å². The monoisotopic (exact) mass is 327 g/mol.